The van der Waals surface area contributed by atoms with Crippen LogP contribution in [0, 0.1) is 5.82 Å². The summed E-state index contributed by atoms with van der Waals surface area (Å²) in [5.41, 5.74) is 2.24. The molecule has 2 aromatic heterocycles. The average Bonchev–Trinajstić information content (AvgIpc) is 2.74. The van der Waals surface area contributed by atoms with Crippen molar-refractivity contribution in [2.75, 3.05) is 36.0 Å². The highest BCUT2D eigenvalue weighted by atomic mass is 32.2. The molecule has 3 heterocycles. The van der Waals surface area contributed by atoms with Crippen molar-refractivity contribution in [1.82, 2.24) is 15.0 Å². The molecule has 0 spiro atoms. The Kier molecular flexibility index (Phi) is 5.48. The number of hydrogen-bond acceptors (Lipinski definition) is 6. The maximum Gasteiger partial charge on any atom is 0.133 e. The molecule has 1 fully saturated rings. The molecule has 1 saturated heterocycles. The van der Waals surface area contributed by atoms with E-state index in [9.17, 15) is 4.39 Å². The summed E-state index contributed by atoms with van der Waals surface area (Å²) in [5, 5.41) is 0.963. The van der Waals surface area contributed by atoms with E-state index in [4.69, 9.17) is 0 Å². The van der Waals surface area contributed by atoms with Crippen molar-refractivity contribution in [3.63, 3.8) is 0 Å². The summed E-state index contributed by atoms with van der Waals surface area (Å²) < 4.78 is 13.1. The molecule has 0 amide bonds. The summed E-state index contributed by atoms with van der Waals surface area (Å²) in [6, 6.07) is 12.8. The van der Waals surface area contributed by atoms with Crippen LogP contribution in [-0.4, -0.2) is 41.1 Å². The molecule has 4 rings (SSSR count). The van der Waals surface area contributed by atoms with Crippen LogP contribution < -0.4 is 9.80 Å². The average molecular weight is 381 g/mol. The largest absolute Gasteiger partial charge is 0.368 e. The van der Waals surface area contributed by atoms with Gasteiger partial charge in [-0.15, -0.1) is 11.8 Å². The van der Waals surface area contributed by atoms with Crippen LogP contribution in [0.5, 0.6) is 0 Å². The molecular weight excluding hydrogens is 361 g/mol. The van der Waals surface area contributed by atoms with E-state index in [-0.39, 0.29) is 5.82 Å². The summed E-state index contributed by atoms with van der Waals surface area (Å²) in [4.78, 5) is 17.5. The summed E-state index contributed by atoms with van der Waals surface area (Å²) >= 11 is 1.69. The molecular formula is C20H20FN5S. The molecule has 0 radical (unpaired) electrons. The first-order chi connectivity index (χ1) is 13.3. The number of hydrogen-bond donors (Lipinski definition) is 0. The fourth-order valence-electron chi connectivity index (χ4n) is 3.07. The van der Waals surface area contributed by atoms with Crippen LogP contribution in [0.2, 0.25) is 0 Å². The third-order valence-corrected chi connectivity index (χ3v) is 5.53. The molecule has 0 saturated carbocycles. The van der Waals surface area contributed by atoms with Crippen LogP contribution in [0.25, 0.3) is 0 Å². The van der Waals surface area contributed by atoms with E-state index in [1.165, 1.54) is 17.7 Å². The Morgan fingerprint density at radius 3 is 2.48 bits per heavy atom. The number of thioether (sulfide) groups is 1. The van der Waals surface area contributed by atoms with Crippen LogP contribution in [0.4, 0.5) is 15.9 Å². The van der Waals surface area contributed by atoms with Crippen molar-refractivity contribution in [3.8, 4) is 0 Å². The highest BCUT2D eigenvalue weighted by molar-refractivity contribution is 7.98. The van der Waals surface area contributed by atoms with E-state index in [0.717, 1.165) is 48.5 Å². The maximum absolute atomic E-state index is 13.1. The third kappa shape index (κ3) is 4.54. The van der Waals surface area contributed by atoms with E-state index < -0.39 is 0 Å². The molecule has 5 nitrogen and oxygen atoms in total. The Labute approximate surface area is 162 Å². The molecule has 3 aromatic rings. The standard InChI is InChI=1S/C20H20FN5S/c21-17-3-5-18(6-4-17)25-8-10-26(11-9-25)19-12-20(24-15-23-19)27-14-16-2-1-7-22-13-16/h1-7,12-13,15H,8-11,14H2. The number of halogens is 1. The molecule has 27 heavy (non-hydrogen) atoms. The van der Waals surface area contributed by atoms with E-state index in [2.05, 4.69) is 36.9 Å². The van der Waals surface area contributed by atoms with Crippen molar-refractivity contribution in [3.05, 3.63) is 72.6 Å². The van der Waals surface area contributed by atoms with Gasteiger partial charge in [-0.3, -0.25) is 4.98 Å². The lowest BCUT2D eigenvalue weighted by atomic mass is 10.2. The third-order valence-electron chi connectivity index (χ3n) is 4.53. The molecule has 1 aromatic carbocycles. The molecule has 0 bridgehead atoms. The van der Waals surface area contributed by atoms with E-state index in [1.807, 2.05) is 24.4 Å². The Morgan fingerprint density at radius 2 is 1.74 bits per heavy atom. The summed E-state index contributed by atoms with van der Waals surface area (Å²) in [7, 11) is 0. The smallest absolute Gasteiger partial charge is 0.133 e. The van der Waals surface area contributed by atoms with Crippen LogP contribution in [0.1, 0.15) is 5.56 Å². The zero-order valence-electron chi connectivity index (χ0n) is 14.8. The lowest BCUT2D eigenvalue weighted by molar-refractivity contribution is 0.624. The van der Waals surface area contributed by atoms with Crippen molar-refractivity contribution in [1.29, 1.82) is 0 Å². The number of anilines is 2. The SMILES string of the molecule is Fc1ccc(N2CCN(c3cc(SCc4cccnc4)ncn3)CC2)cc1. The first-order valence-corrected chi connectivity index (χ1v) is 9.86. The molecule has 0 N–H and O–H groups in total. The van der Waals surface area contributed by atoms with Crippen LogP contribution in [0.3, 0.4) is 0 Å². The minimum absolute atomic E-state index is 0.199. The number of benzene rings is 1. The fraction of sp³-hybridized carbons (Fsp3) is 0.250. The predicted molar refractivity (Wildman–Crippen MR) is 107 cm³/mol. The molecule has 7 heteroatoms. The number of aromatic nitrogens is 3. The minimum atomic E-state index is -0.199. The topological polar surface area (TPSA) is 45.2 Å². The van der Waals surface area contributed by atoms with Gasteiger partial charge in [-0.25, -0.2) is 14.4 Å². The summed E-state index contributed by atoms with van der Waals surface area (Å²) in [6.45, 7) is 3.52. The molecule has 0 aliphatic carbocycles. The second-order valence-corrected chi connectivity index (χ2v) is 7.31. The van der Waals surface area contributed by atoms with Gasteiger partial charge in [0.1, 0.15) is 23.0 Å². The van der Waals surface area contributed by atoms with Gasteiger partial charge in [0.2, 0.25) is 0 Å². The minimum Gasteiger partial charge on any atom is -0.368 e. The molecule has 0 unspecified atom stereocenters. The van der Waals surface area contributed by atoms with Crippen molar-refractivity contribution < 1.29 is 4.39 Å². The number of rotatable bonds is 5. The van der Waals surface area contributed by atoms with Gasteiger partial charge in [-0.05, 0) is 35.9 Å². The van der Waals surface area contributed by atoms with Gasteiger partial charge in [-0.1, -0.05) is 6.07 Å². The van der Waals surface area contributed by atoms with Crippen molar-refractivity contribution in [2.45, 2.75) is 10.8 Å². The van der Waals surface area contributed by atoms with E-state index >= 15 is 0 Å². The zero-order valence-corrected chi connectivity index (χ0v) is 15.6. The first kappa shape index (κ1) is 17.7. The van der Waals surface area contributed by atoms with Crippen LogP contribution in [0.15, 0.2) is 66.2 Å². The number of pyridine rings is 1. The first-order valence-electron chi connectivity index (χ1n) is 8.87. The van der Waals surface area contributed by atoms with Crippen LogP contribution >= 0.6 is 11.8 Å². The van der Waals surface area contributed by atoms with E-state index in [1.54, 1.807) is 24.3 Å². The molecule has 0 atom stereocenters. The maximum atomic E-state index is 13.1. The van der Waals surface area contributed by atoms with Crippen molar-refractivity contribution >= 4 is 23.3 Å². The number of piperazine rings is 1. The number of nitrogens with zero attached hydrogens (tertiary/aromatic N) is 5. The van der Waals surface area contributed by atoms with Gasteiger partial charge in [-0.2, -0.15) is 0 Å². The van der Waals surface area contributed by atoms with Gasteiger partial charge >= 0.3 is 0 Å². The quantitative estimate of drug-likeness (QED) is 0.497. The van der Waals surface area contributed by atoms with Crippen LogP contribution in [-0.2, 0) is 5.75 Å². The lowest BCUT2D eigenvalue weighted by Gasteiger charge is -2.36. The fourth-order valence-corrected chi connectivity index (χ4v) is 3.86. The normalized spacial score (nSPS) is 14.4. The van der Waals surface area contributed by atoms with Gasteiger partial charge in [0.25, 0.3) is 0 Å². The summed E-state index contributed by atoms with van der Waals surface area (Å²) in [5.74, 6) is 1.59. The Balaban J connectivity index is 1.36. The zero-order chi connectivity index (χ0) is 18.5. The molecule has 1 aliphatic heterocycles. The Hall–Kier alpha value is -2.67. The molecule has 138 valence electrons. The Morgan fingerprint density at radius 1 is 0.963 bits per heavy atom. The predicted octanol–water partition coefficient (Wildman–Crippen LogP) is 3.63. The second-order valence-electron chi connectivity index (χ2n) is 6.31. The van der Waals surface area contributed by atoms with Gasteiger partial charge in [0.05, 0.1) is 0 Å². The highest BCUT2D eigenvalue weighted by Crippen LogP contribution is 2.24. The van der Waals surface area contributed by atoms with Gasteiger partial charge < -0.3 is 9.80 Å². The lowest BCUT2D eigenvalue weighted by Crippen LogP contribution is -2.46. The van der Waals surface area contributed by atoms with Gasteiger partial charge in [0.15, 0.2) is 0 Å². The Bertz CT molecular complexity index is 867. The highest BCUT2D eigenvalue weighted by Gasteiger charge is 2.19. The second kappa shape index (κ2) is 8.35. The van der Waals surface area contributed by atoms with Crippen molar-refractivity contribution in [2.24, 2.45) is 0 Å². The van der Waals surface area contributed by atoms with E-state index in [0.29, 0.717) is 0 Å². The van der Waals surface area contributed by atoms with Gasteiger partial charge in [0, 0.05) is 56.1 Å². The summed E-state index contributed by atoms with van der Waals surface area (Å²) in [6.07, 6.45) is 5.29. The monoisotopic (exact) mass is 381 g/mol. The molecule has 1 aliphatic rings.